The maximum absolute atomic E-state index is 8.85. The van der Waals surface area contributed by atoms with Crippen LogP contribution in [0.1, 0.15) is 40.0 Å². The molecule has 1 atom stereocenters. The van der Waals surface area contributed by atoms with Gasteiger partial charge in [0.05, 0.1) is 11.5 Å². The molecule has 0 aromatic carbocycles. The van der Waals surface area contributed by atoms with Crippen LogP contribution in [0, 0.1) is 22.7 Å². The van der Waals surface area contributed by atoms with Gasteiger partial charge in [-0.15, -0.1) is 0 Å². The van der Waals surface area contributed by atoms with Crippen molar-refractivity contribution < 1.29 is 4.74 Å². The van der Waals surface area contributed by atoms with Crippen LogP contribution < -0.4 is 5.32 Å². The van der Waals surface area contributed by atoms with Gasteiger partial charge in [-0.2, -0.15) is 5.26 Å². The summed E-state index contributed by atoms with van der Waals surface area (Å²) in [6, 6.07) is 2.33. The lowest BCUT2D eigenvalue weighted by molar-refractivity contribution is 0.158. The molecule has 0 aliphatic heterocycles. The number of hydrogen-bond acceptors (Lipinski definition) is 3. The Balaban J connectivity index is 3.32. The van der Waals surface area contributed by atoms with Crippen LogP contribution in [0.5, 0.6) is 0 Å². The minimum atomic E-state index is -0.163. The monoisotopic (exact) mass is 226 g/mol. The second-order valence-corrected chi connectivity index (χ2v) is 5.22. The van der Waals surface area contributed by atoms with Crippen LogP contribution in [0.2, 0.25) is 0 Å². The third-order valence-corrected chi connectivity index (χ3v) is 2.65. The van der Waals surface area contributed by atoms with Gasteiger partial charge < -0.3 is 10.1 Å². The van der Waals surface area contributed by atoms with E-state index < -0.39 is 0 Å². The number of ether oxygens (including phenoxy) is 1. The quantitative estimate of drug-likeness (QED) is 0.615. The van der Waals surface area contributed by atoms with Gasteiger partial charge in [0.1, 0.15) is 0 Å². The summed E-state index contributed by atoms with van der Waals surface area (Å²) in [4.78, 5) is 0. The summed E-state index contributed by atoms with van der Waals surface area (Å²) in [5.74, 6) is 0.570. The minimum absolute atomic E-state index is 0.163. The Kier molecular flexibility index (Phi) is 8.23. The van der Waals surface area contributed by atoms with Gasteiger partial charge in [0.25, 0.3) is 0 Å². The molecule has 0 aromatic rings. The van der Waals surface area contributed by atoms with E-state index in [0.717, 1.165) is 39.0 Å². The third-order valence-electron chi connectivity index (χ3n) is 2.65. The summed E-state index contributed by atoms with van der Waals surface area (Å²) < 4.78 is 5.07. The summed E-state index contributed by atoms with van der Waals surface area (Å²) in [6.45, 7) is 9.04. The first kappa shape index (κ1) is 15.4. The molecular formula is C13H26N2O. The predicted octanol–water partition coefficient (Wildman–Crippen LogP) is 2.58. The fraction of sp³-hybridized carbons (Fsp3) is 0.923. The number of nitrogens with zero attached hydrogens (tertiary/aromatic N) is 1. The summed E-state index contributed by atoms with van der Waals surface area (Å²) in [5.41, 5.74) is -0.163. The Morgan fingerprint density at radius 2 is 2.06 bits per heavy atom. The standard InChI is InChI=1S/C13H26N2O/c1-12(10-16-4)9-15-8-6-5-7-13(2,3)11-14/h12,15H,5-10H2,1-4H3. The van der Waals surface area contributed by atoms with Gasteiger partial charge in [0, 0.05) is 13.7 Å². The predicted molar refractivity (Wildman–Crippen MR) is 67.2 cm³/mol. The van der Waals surface area contributed by atoms with Crippen molar-refractivity contribution in [2.75, 3.05) is 26.8 Å². The highest BCUT2D eigenvalue weighted by atomic mass is 16.5. The lowest BCUT2D eigenvalue weighted by Gasteiger charge is -2.15. The molecule has 0 aliphatic carbocycles. The van der Waals surface area contributed by atoms with Crippen LogP contribution in [0.25, 0.3) is 0 Å². The van der Waals surface area contributed by atoms with Crippen LogP contribution in [-0.2, 0) is 4.74 Å². The molecular weight excluding hydrogens is 200 g/mol. The highest BCUT2D eigenvalue weighted by Crippen LogP contribution is 2.21. The van der Waals surface area contributed by atoms with E-state index in [1.54, 1.807) is 7.11 Å². The Morgan fingerprint density at radius 3 is 2.62 bits per heavy atom. The Labute approximate surface area is 100 Å². The maximum atomic E-state index is 8.85. The molecule has 0 spiro atoms. The first-order valence-corrected chi connectivity index (χ1v) is 6.13. The number of hydrogen-bond donors (Lipinski definition) is 1. The molecule has 3 heteroatoms. The van der Waals surface area contributed by atoms with E-state index in [-0.39, 0.29) is 5.41 Å². The van der Waals surface area contributed by atoms with Crippen molar-refractivity contribution in [3.05, 3.63) is 0 Å². The van der Waals surface area contributed by atoms with Crippen LogP contribution in [0.15, 0.2) is 0 Å². The van der Waals surface area contributed by atoms with Crippen molar-refractivity contribution >= 4 is 0 Å². The van der Waals surface area contributed by atoms with Crippen molar-refractivity contribution in [3.63, 3.8) is 0 Å². The molecule has 0 aromatic heterocycles. The number of nitriles is 1. The lowest BCUT2D eigenvalue weighted by atomic mass is 9.89. The summed E-state index contributed by atoms with van der Waals surface area (Å²) >= 11 is 0. The van der Waals surface area contributed by atoms with Crippen LogP contribution in [0.3, 0.4) is 0 Å². The zero-order valence-corrected chi connectivity index (χ0v) is 11.2. The summed E-state index contributed by atoms with van der Waals surface area (Å²) in [6.07, 6.45) is 3.25. The zero-order valence-electron chi connectivity index (χ0n) is 11.2. The van der Waals surface area contributed by atoms with Gasteiger partial charge in [-0.3, -0.25) is 0 Å². The molecule has 0 saturated carbocycles. The molecule has 16 heavy (non-hydrogen) atoms. The zero-order chi connectivity index (χ0) is 12.4. The van der Waals surface area contributed by atoms with Crippen LogP contribution in [-0.4, -0.2) is 26.8 Å². The Hall–Kier alpha value is -0.590. The molecule has 3 nitrogen and oxygen atoms in total. The second kappa shape index (κ2) is 8.55. The van der Waals surface area contributed by atoms with Gasteiger partial charge in [-0.25, -0.2) is 0 Å². The average Bonchev–Trinajstić information content (AvgIpc) is 2.23. The van der Waals surface area contributed by atoms with Crippen molar-refractivity contribution in [2.24, 2.45) is 11.3 Å². The smallest absolute Gasteiger partial charge is 0.0683 e. The van der Waals surface area contributed by atoms with E-state index in [4.69, 9.17) is 10.00 Å². The van der Waals surface area contributed by atoms with E-state index in [1.165, 1.54) is 0 Å². The number of nitrogens with one attached hydrogen (secondary N) is 1. The van der Waals surface area contributed by atoms with Gasteiger partial charge in [0.15, 0.2) is 0 Å². The summed E-state index contributed by atoms with van der Waals surface area (Å²) in [7, 11) is 1.74. The third kappa shape index (κ3) is 8.70. The first-order valence-electron chi connectivity index (χ1n) is 6.13. The number of methoxy groups -OCH3 is 1. The molecule has 94 valence electrons. The molecule has 0 heterocycles. The van der Waals surface area contributed by atoms with Gasteiger partial charge in [-0.1, -0.05) is 13.3 Å². The lowest BCUT2D eigenvalue weighted by Crippen LogP contribution is -2.24. The van der Waals surface area contributed by atoms with Crippen molar-refractivity contribution in [1.82, 2.24) is 5.32 Å². The maximum Gasteiger partial charge on any atom is 0.0683 e. The van der Waals surface area contributed by atoms with Crippen molar-refractivity contribution in [2.45, 2.75) is 40.0 Å². The molecule has 0 bridgehead atoms. The first-order chi connectivity index (χ1) is 7.52. The fourth-order valence-corrected chi connectivity index (χ4v) is 1.56. The van der Waals surface area contributed by atoms with Crippen LogP contribution >= 0.6 is 0 Å². The molecule has 1 N–H and O–H groups in total. The van der Waals surface area contributed by atoms with E-state index in [9.17, 15) is 0 Å². The molecule has 0 rings (SSSR count). The van der Waals surface area contributed by atoms with Crippen molar-refractivity contribution in [3.8, 4) is 6.07 Å². The normalized spacial score (nSPS) is 13.4. The molecule has 0 saturated heterocycles. The van der Waals surface area contributed by atoms with Gasteiger partial charge >= 0.3 is 0 Å². The highest BCUT2D eigenvalue weighted by molar-refractivity contribution is 4.91. The van der Waals surface area contributed by atoms with E-state index in [1.807, 2.05) is 13.8 Å². The van der Waals surface area contributed by atoms with Crippen molar-refractivity contribution in [1.29, 1.82) is 5.26 Å². The summed E-state index contributed by atoms with van der Waals surface area (Å²) in [5, 5.41) is 12.3. The average molecular weight is 226 g/mol. The molecule has 0 fully saturated rings. The van der Waals surface area contributed by atoms with E-state index in [2.05, 4.69) is 18.3 Å². The minimum Gasteiger partial charge on any atom is -0.384 e. The van der Waals surface area contributed by atoms with Crippen LogP contribution in [0.4, 0.5) is 0 Å². The van der Waals surface area contributed by atoms with Gasteiger partial charge in [-0.05, 0) is 45.7 Å². The highest BCUT2D eigenvalue weighted by Gasteiger charge is 2.15. The molecule has 0 aliphatic rings. The Bertz CT molecular complexity index is 208. The topological polar surface area (TPSA) is 45.0 Å². The molecule has 0 radical (unpaired) electrons. The SMILES string of the molecule is COCC(C)CNCCCCC(C)(C)C#N. The second-order valence-electron chi connectivity index (χ2n) is 5.22. The number of rotatable bonds is 9. The molecule has 1 unspecified atom stereocenters. The van der Waals surface area contributed by atoms with E-state index in [0.29, 0.717) is 5.92 Å². The van der Waals surface area contributed by atoms with E-state index >= 15 is 0 Å². The van der Waals surface area contributed by atoms with Gasteiger partial charge in [0.2, 0.25) is 0 Å². The largest absolute Gasteiger partial charge is 0.384 e. The molecule has 0 amide bonds. The Morgan fingerprint density at radius 1 is 1.38 bits per heavy atom. The fourth-order valence-electron chi connectivity index (χ4n) is 1.56. The number of unbranched alkanes of at least 4 members (excludes halogenated alkanes) is 1.